The summed E-state index contributed by atoms with van der Waals surface area (Å²) in [4.78, 5) is 2.53. The fourth-order valence-corrected chi connectivity index (χ4v) is 2.00. The predicted octanol–water partition coefficient (Wildman–Crippen LogP) is 1.65. The van der Waals surface area contributed by atoms with Crippen LogP contribution in [0.2, 0.25) is 0 Å². The molecule has 1 N–H and O–H groups in total. The smallest absolute Gasteiger partial charge is 0.0587 e. The lowest BCUT2D eigenvalue weighted by Gasteiger charge is -2.31. The molecular weight excluding hydrogens is 200 g/mol. The predicted molar refractivity (Wildman–Crippen MR) is 68.8 cm³/mol. The van der Waals surface area contributed by atoms with Crippen LogP contribution >= 0.6 is 0 Å². The lowest BCUT2D eigenvalue weighted by molar-refractivity contribution is 0.178. The van der Waals surface area contributed by atoms with Crippen LogP contribution in [0.4, 0.5) is 0 Å². The number of allylic oxidation sites excluding steroid dienone is 1. The molecule has 0 aromatic rings. The molecule has 3 heteroatoms. The van der Waals surface area contributed by atoms with Crippen LogP contribution in [0, 0.1) is 0 Å². The van der Waals surface area contributed by atoms with Gasteiger partial charge in [-0.05, 0) is 39.8 Å². The molecule has 3 nitrogen and oxygen atoms in total. The summed E-state index contributed by atoms with van der Waals surface area (Å²) >= 11 is 0. The molecule has 0 unspecified atom stereocenters. The fourth-order valence-electron chi connectivity index (χ4n) is 2.00. The van der Waals surface area contributed by atoms with Gasteiger partial charge in [0.25, 0.3) is 0 Å². The fraction of sp³-hybridized carbons (Fsp3) is 0.846. The normalized spacial score (nSPS) is 18.7. The van der Waals surface area contributed by atoms with E-state index in [1.165, 1.54) is 31.5 Å². The maximum absolute atomic E-state index is 5.04. The number of rotatable bonds is 6. The summed E-state index contributed by atoms with van der Waals surface area (Å²) in [6, 6.07) is 0.693. The molecule has 1 aliphatic rings. The Morgan fingerprint density at radius 3 is 2.62 bits per heavy atom. The minimum atomic E-state index is 0.693. The molecule has 0 saturated carbocycles. The number of nitrogens with zero attached hydrogens (tertiary/aromatic N) is 1. The zero-order chi connectivity index (χ0) is 11.8. The van der Waals surface area contributed by atoms with Gasteiger partial charge < -0.3 is 10.1 Å². The van der Waals surface area contributed by atoms with Crippen molar-refractivity contribution < 1.29 is 4.74 Å². The van der Waals surface area contributed by atoms with Gasteiger partial charge in [0.1, 0.15) is 0 Å². The lowest BCUT2D eigenvalue weighted by atomic mass is 10.1. The SMILES string of the molecule is COCCNC1CCN(CC=C(C)C)CC1. The number of likely N-dealkylation sites (tertiary alicyclic amines) is 1. The molecular formula is C13H26N2O. The number of methoxy groups -OCH3 is 1. The summed E-state index contributed by atoms with van der Waals surface area (Å²) in [7, 11) is 1.75. The van der Waals surface area contributed by atoms with E-state index >= 15 is 0 Å². The summed E-state index contributed by atoms with van der Waals surface area (Å²) in [6.07, 6.45) is 4.85. The summed E-state index contributed by atoms with van der Waals surface area (Å²) in [5, 5.41) is 3.54. The van der Waals surface area contributed by atoms with Gasteiger partial charge >= 0.3 is 0 Å². The van der Waals surface area contributed by atoms with Crippen LogP contribution in [0.5, 0.6) is 0 Å². The molecule has 1 fully saturated rings. The van der Waals surface area contributed by atoms with E-state index in [4.69, 9.17) is 4.74 Å². The number of ether oxygens (including phenoxy) is 1. The molecule has 0 aromatic carbocycles. The minimum absolute atomic E-state index is 0.693. The largest absolute Gasteiger partial charge is 0.383 e. The average molecular weight is 226 g/mol. The van der Waals surface area contributed by atoms with Gasteiger partial charge in [-0.3, -0.25) is 4.90 Å². The summed E-state index contributed by atoms with van der Waals surface area (Å²) in [6.45, 7) is 9.68. The van der Waals surface area contributed by atoms with Crippen LogP contribution in [-0.4, -0.2) is 50.8 Å². The van der Waals surface area contributed by atoms with Crippen LogP contribution in [0.25, 0.3) is 0 Å². The number of hydrogen-bond acceptors (Lipinski definition) is 3. The van der Waals surface area contributed by atoms with E-state index in [0.29, 0.717) is 6.04 Å². The van der Waals surface area contributed by atoms with E-state index < -0.39 is 0 Å². The third kappa shape index (κ3) is 5.64. The Bertz CT molecular complexity index is 204. The first-order chi connectivity index (χ1) is 7.72. The first-order valence-electron chi connectivity index (χ1n) is 6.30. The number of hydrogen-bond donors (Lipinski definition) is 1. The molecule has 0 amide bonds. The molecule has 16 heavy (non-hydrogen) atoms. The van der Waals surface area contributed by atoms with Crippen LogP contribution in [0.1, 0.15) is 26.7 Å². The Hall–Kier alpha value is -0.380. The van der Waals surface area contributed by atoms with Gasteiger partial charge in [0.15, 0.2) is 0 Å². The first kappa shape index (κ1) is 13.7. The summed E-state index contributed by atoms with van der Waals surface area (Å²) in [5.74, 6) is 0. The van der Waals surface area contributed by atoms with Crippen LogP contribution in [0.3, 0.4) is 0 Å². The molecule has 94 valence electrons. The zero-order valence-electron chi connectivity index (χ0n) is 11.0. The molecule has 0 radical (unpaired) electrons. The highest BCUT2D eigenvalue weighted by atomic mass is 16.5. The van der Waals surface area contributed by atoms with Crippen molar-refractivity contribution in [3.05, 3.63) is 11.6 Å². The standard InChI is InChI=1S/C13H26N2O/c1-12(2)4-8-15-9-5-13(6-10-15)14-7-11-16-3/h4,13-14H,5-11H2,1-3H3. The van der Waals surface area contributed by atoms with Crippen molar-refractivity contribution in [2.45, 2.75) is 32.7 Å². The van der Waals surface area contributed by atoms with E-state index in [-0.39, 0.29) is 0 Å². The van der Waals surface area contributed by atoms with Crippen LogP contribution in [0.15, 0.2) is 11.6 Å². The second-order valence-corrected chi connectivity index (χ2v) is 4.80. The number of nitrogens with one attached hydrogen (secondary N) is 1. The van der Waals surface area contributed by atoms with Gasteiger partial charge in [-0.2, -0.15) is 0 Å². The van der Waals surface area contributed by atoms with Crippen molar-refractivity contribution >= 4 is 0 Å². The second-order valence-electron chi connectivity index (χ2n) is 4.80. The average Bonchev–Trinajstić information content (AvgIpc) is 2.28. The highest BCUT2D eigenvalue weighted by molar-refractivity contribution is 4.95. The molecule has 0 spiro atoms. The molecule has 0 aromatic heterocycles. The van der Waals surface area contributed by atoms with Gasteiger partial charge in [0.05, 0.1) is 6.61 Å². The molecule has 0 atom stereocenters. The Labute approximate surface area is 99.8 Å². The van der Waals surface area contributed by atoms with E-state index in [9.17, 15) is 0 Å². The van der Waals surface area contributed by atoms with Crippen molar-refractivity contribution in [1.82, 2.24) is 10.2 Å². The monoisotopic (exact) mass is 226 g/mol. The van der Waals surface area contributed by atoms with Crippen molar-refractivity contribution in [3.63, 3.8) is 0 Å². The highest BCUT2D eigenvalue weighted by Gasteiger charge is 2.17. The first-order valence-corrected chi connectivity index (χ1v) is 6.30. The highest BCUT2D eigenvalue weighted by Crippen LogP contribution is 2.10. The molecule has 0 bridgehead atoms. The third-order valence-electron chi connectivity index (χ3n) is 3.08. The lowest BCUT2D eigenvalue weighted by Crippen LogP contribution is -2.43. The van der Waals surface area contributed by atoms with Gasteiger partial charge in [-0.25, -0.2) is 0 Å². The Morgan fingerprint density at radius 2 is 2.06 bits per heavy atom. The molecule has 1 rings (SSSR count). The van der Waals surface area contributed by atoms with Gasteiger partial charge in [0, 0.05) is 26.2 Å². The maximum Gasteiger partial charge on any atom is 0.0587 e. The van der Waals surface area contributed by atoms with E-state index in [1.54, 1.807) is 7.11 Å². The van der Waals surface area contributed by atoms with Crippen molar-refractivity contribution in [2.75, 3.05) is 39.9 Å². The summed E-state index contributed by atoms with van der Waals surface area (Å²) < 4.78 is 5.04. The third-order valence-corrected chi connectivity index (χ3v) is 3.08. The van der Waals surface area contributed by atoms with Gasteiger partial charge in [-0.15, -0.1) is 0 Å². The molecule has 1 aliphatic heterocycles. The van der Waals surface area contributed by atoms with Crippen molar-refractivity contribution in [1.29, 1.82) is 0 Å². The van der Waals surface area contributed by atoms with Crippen molar-refractivity contribution in [2.24, 2.45) is 0 Å². The van der Waals surface area contributed by atoms with Crippen LogP contribution < -0.4 is 5.32 Å². The zero-order valence-corrected chi connectivity index (χ0v) is 11.0. The second kappa shape index (κ2) is 7.82. The molecule has 0 aliphatic carbocycles. The quantitative estimate of drug-likeness (QED) is 0.550. The maximum atomic E-state index is 5.04. The topological polar surface area (TPSA) is 24.5 Å². The minimum Gasteiger partial charge on any atom is -0.383 e. The van der Waals surface area contributed by atoms with E-state index in [1.807, 2.05) is 0 Å². The number of piperidine rings is 1. The Kier molecular flexibility index (Phi) is 6.69. The van der Waals surface area contributed by atoms with Crippen LogP contribution in [-0.2, 0) is 4.74 Å². The van der Waals surface area contributed by atoms with Gasteiger partial charge in [0.2, 0.25) is 0 Å². The van der Waals surface area contributed by atoms with E-state index in [2.05, 4.69) is 30.1 Å². The Balaban J connectivity index is 2.11. The Morgan fingerprint density at radius 1 is 1.38 bits per heavy atom. The molecule has 1 heterocycles. The molecule has 1 saturated heterocycles. The van der Waals surface area contributed by atoms with Gasteiger partial charge in [-0.1, -0.05) is 11.6 Å². The summed E-state index contributed by atoms with van der Waals surface area (Å²) in [5.41, 5.74) is 1.42. The van der Waals surface area contributed by atoms with E-state index in [0.717, 1.165) is 19.7 Å². The van der Waals surface area contributed by atoms with Crippen molar-refractivity contribution in [3.8, 4) is 0 Å².